The third-order valence-electron chi connectivity index (χ3n) is 4.31. The summed E-state index contributed by atoms with van der Waals surface area (Å²) in [7, 11) is 0. The van der Waals surface area contributed by atoms with E-state index in [9.17, 15) is 25.2 Å². The average Bonchev–Trinajstić information content (AvgIpc) is 2.23. The van der Waals surface area contributed by atoms with Crippen LogP contribution in [0.5, 0.6) is 0 Å². The minimum absolute atomic E-state index is 0.0612. The summed E-state index contributed by atoms with van der Waals surface area (Å²) in [5, 5.41) is 42.0. The average molecular weight is 310 g/mol. The molecule has 4 N–H and O–H groups in total. The number of carbonyl (C=O) groups is 1. The minimum Gasteiger partial charge on any atom is -0.478 e. The fraction of sp³-hybridized carbons (Fsp3) is 0.588. The molecule has 0 radical (unpaired) electrons. The first-order valence-corrected chi connectivity index (χ1v) is 7.18. The Morgan fingerprint density at radius 2 is 1.18 bits per heavy atom. The molecule has 0 amide bonds. The molecule has 0 heterocycles. The standard InChI is InChI=1S/C17H26O5/c1-14(2,20)17(15(3,4)21,16(5,6)22)12-10-8-7-9-11(12)13(18)19/h7-10,20-22H,1-6H3,(H,18,19). The van der Waals surface area contributed by atoms with Crippen molar-refractivity contribution in [2.75, 3.05) is 0 Å². The van der Waals surface area contributed by atoms with Gasteiger partial charge in [-0.25, -0.2) is 4.79 Å². The summed E-state index contributed by atoms with van der Waals surface area (Å²) >= 11 is 0. The number of aromatic carboxylic acids is 1. The van der Waals surface area contributed by atoms with Crippen LogP contribution >= 0.6 is 0 Å². The molecular weight excluding hydrogens is 284 g/mol. The van der Waals surface area contributed by atoms with Crippen molar-refractivity contribution in [2.45, 2.75) is 63.8 Å². The maximum atomic E-state index is 11.6. The molecule has 0 spiro atoms. The van der Waals surface area contributed by atoms with Crippen molar-refractivity contribution in [2.24, 2.45) is 0 Å². The lowest BCUT2D eigenvalue weighted by Crippen LogP contribution is -2.70. The molecule has 0 aliphatic heterocycles. The predicted octanol–water partition coefficient (Wildman–Crippen LogP) is 1.94. The second-order valence-electron chi connectivity index (χ2n) is 7.28. The van der Waals surface area contributed by atoms with Crippen molar-refractivity contribution in [1.29, 1.82) is 0 Å². The van der Waals surface area contributed by atoms with Gasteiger partial charge in [-0.05, 0) is 53.2 Å². The highest BCUT2D eigenvalue weighted by molar-refractivity contribution is 5.90. The van der Waals surface area contributed by atoms with Crippen LogP contribution in [-0.2, 0) is 5.41 Å². The largest absolute Gasteiger partial charge is 0.478 e. The number of benzene rings is 1. The molecule has 0 fully saturated rings. The molecule has 0 unspecified atom stereocenters. The predicted molar refractivity (Wildman–Crippen MR) is 84.0 cm³/mol. The van der Waals surface area contributed by atoms with Crippen LogP contribution in [0.4, 0.5) is 0 Å². The smallest absolute Gasteiger partial charge is 0.335 e. The molecule has 0 aliphatic rings. The Bertz CT molecular complexity index is 520. The number of carboxylic acids is 1. The van der Waals surface area contributed by atoms with Gasteiger partial charge in [0.1, 0.15) is 0 Å². The van der Waals surface area contributed by atoms with Crippen LogP contribution in [0.25, 0.3) is 0 Å². The molecular formula is C17H26O5. The van der Waals surface area contributed by atoms with Crippen LogP contribution < -0.4 is 0 Å². The van der Waals surface area contributed by atoms with Gasteiger partial charge in [0.2, 0.25) is 0 Å². The highest BCUT2D eigenvalue weighted by Crippen LogP contribution is 2.52. The van der Waals surface area contributed by atoms with Gasteiger partial charge in [0.25, 0.3) is 0 Å². The lowest BCUT2D eigenvalue weighted by molar-refractivity contribution is -0.197. The molecule has 5 heteroatoms. The quantitative estimate of drug-likeness (QED) is 0.666. The van der Waals surface area contributed by atoms with Crippen LogP contribution in [0.1, 0.15) is 57.5 Å². The fourth-order valence-electron chi connectivity index (χ4n) is 4.23. The van der Waals surface area contributed by atoms with Gasteiger partial charge in [0.15, 0.2) is 0 Å². The van der Waals surface area contributed by atoms with Gasteiger partial charge in [0, 0.05) is 0 Å². The summed E-state index contributed by atoms with van der Waals surface area (Å²) in [4.78, 5) is 11.6. The molecule has 124 valence electrons. The van der Waals surface area contributed by atoms with E-state index in [1.807, 2.05) is 0 Å². The summed E-state index contributed by atoms with van der Waals surface area (Å²) < 4.78 is 0. The molecule has 0 atom stereocenters. The Hall–Kier alpha value is -1.43. The van der Waals surface area contributed by atoms with Crippen LogP contribution in [0.3, 0.4) is 0 Å². The van der Waals surface area contributed by atoms with Gasteiger partial charge in [-0.1, -0.05) is 18.2 Å². The molecule has 0 saturated heterocycles. The fourth-order valence-corrected chi connectivity index (χ4v) is 4.23. The van der Waals surface area contributed by atoms with Crippen molar-refractivity contribution < 1.29 is 25.2 Å². The van der Waals surface area contributed by atoms with E-state index in [0.29, 0.717) is 0 Å². The summed E-state index contributed by atoms with van der Waals surface area (Å²) in [6.45, 7) is 8.76. The van der Waals surface area contributed by atoms with E-state index in [1.165, 1.54) is 53.7 Å². The maximum Gasteiger partial charge on any atom is 0.335 e. The van der Waals surface area contributed by atoms with Gasteiger partial charge in [-0.3, -0.25) is 0 Å². The molecule has 5 nitrogen and oxygen atoms in total. The molecule has 22 heavy (non-hydrogen) atoms. The van der Waals surface area contributed by atoms with Crippen LogP contribution in [0.2, 0.25) is 0 Å². The maximum absolute atomic E-state index is 11.6. The Balaban J connectivity index is 4.01. The number of carboxylic acid groups (broad SMARTS) is 1. The zero-order valence-electron chi connectivity index (χ0n) is 14.0. The normalized spacial score (nSPS) is 14.0. The van der Waals surface area contributed by atoms with E-state index in [2.05, 4.69) is 0 Å². The van der Waals surface area contributed by atoms with E-state index < -0.39 is 28.2 Å². The number of aliphatic hydroxyl groups is 3. The Morgan fingerprint density at radius 1 is 0.818 bits per heavy atom. The summed E-state index contributed by atoms with van der Waals surface area (Å²) in [5.74, 6) is -1.18. The van der Waals surface area contributed by atoms with Crippen LogP contribution in [0.15, 0.2) is 24.3 Å². The van der Waals surface area contributed by atoms with Gasteiger partial charge < -0.3 is 20.4 Å². The zero-order chi connectivity index (χ0) is 17.6. The lowest BCUT2D eigenvalue weighted by atomic mass is 9.51. The topological polar surface area (TPSA) is 98.0 Å². The Labute approximate surface area is 131 Å². The van der Waals surface area contributed by atoms with E-state index in [1.54, 1.807) is 12.1 Å². The van der Waals surface area contributed by atoms with E-state index in [4.69, 9.17) is 0 Å². The van der Waals surface area contributed by atoms with Crippen molar-refractivity contribution in [3.05, 3.63) is 35.4 Å². The second kappa shape index (κ2) is 5.33. The van der Waals surface area contributed by atoms with Crippen LogP contribution in [-0.4, -0.2) is 43.2 Å². The van der Waals surface area contributed by atoms with Crippen molar-refractivity contribution >= 4 is 5.97 Å². The van der Waals surface area contributed by atoms with E-state index in [-0.39, 0.29) is 11.1 Å². The molecule has 1 aromatic rings. The van der Waals surface area contributed by atoms with Gasteiger partial charge in [-0.2, -0.15) is 0 Å². The van der Waals surface area contributed by atoms with Gasteiger partial charge in [0.05, 0.1) is 27.8 Å². The lowest BCUT2D eigenvalue weighted by Gasteiger charge is -2.58. The highest BCUT2D eigenvalue weighted by atomic mass is 16.4. The van der Waals surface area contributed by atoms with Crippen LogP contribution in [0, 0.1) is 0 Å². The molecule has 1 rings (SSSR count). The summed E-state index contributed by atoms with van der Waals surface area (Å²) in [6, 6.07) is 6.11. The first kappa shape index (κ1) is 18.6. The van der Waals surface area contributed by atoms with E-state index >= 15 is 0 Å². The van der Waals surface area contributed by atoms with Crippen molar-refractivity contribution in [3.63, 3.8) is 0 Å². The number of hydrogen-bond acceptors (Lipinski definition) is 4. The Morgan fingerprint density at radius 3 is 1.50 bits per heavy atom. The minimum atomic E-state index is -1.64. The third kappa shape index (κ3) is 2.64. The number of rotatable bonds is 5. The van der Waals surface area contributed by atoms with Crippen molar-refractivity contribution in [3.8, 4) is 0 Å². The summed E-state index contributed by atoms with van der Waals surface area (Å²) in [5.41, 5.74) is -6.31. The SMILES string of the molecule is CC(C)(O)C(c1ccccc1C(=O)O)(C(C)(C)O)C(C)(C)O. The van der Waals surface area contributed by atoms with Gasteiger partial charge >= 0.3 is 5.97 Å². The first-order chi connectivity index (χ1) is 9.68. The highest BCUT2D eigenvalue weighted by Gasteiger charge is 2.64. The first-order valence-electron chi connectivity index (χ1n) is 7.18. The van der Waals surface area contributed by atoms with Gasteiger partial charge in [-0.15, -0.1) is 0 Å². The molecule has 1 aromatic carbocycles. The zero-order valence-corrected chi connectivity index (χ0v) is 14.0. The Kier molecular flexibility index (Phi) is 4.51. The second-order valence-corrected chi connectivity index (χ2v) is 7.28. The number of hydrogen-bond donors (Lipinski definition) is 4. The molecule has 0 aliphatic carbocycles. The van der Waals surface area contributed by atoms with Crippen molar-refractivity contribution in [1.82, 2.24) is 0 Å². The molecule has 0 bridgehead atoms. The molecule has 0 saturated carbocycles. The molecule has 0 aromatic heterocycles. The third-order valence-corrected chi connectivity index (χ3v) is 4.31. The van der Waals surface area contributed by atoms with E-state index in [0.717, 1.165) is 0 Å². The summed E-state index contributed by atoms with van der Waals surface area (Å²) in [6.07, 6.45) is 0. The monoisotopic (exact) mass is 310 g/mol.